The van der Waals surface area contributed by atoms with Crippen molar-refractivity contribution in [3.05, 3.63) is 83.9 Å². The average Bonchev–Trinajstić information content (AvgIpc) is 2.72. The molecule has 0 aliphatic carbocycles. The number of hydrogen-bond donors (Lipinski definition) is 0. The Hall–Kier alpha value is -2.39. The summed E-state index contributed by atoms with van der Waals surface area (Å²) in [6.45, 7) is 10.7. The number of carbonyl (C=O) groups is 1. The highest BCUT2D eigenvalue weighted by Gasteiger charge is 2.20. The molecule has 1 atom stereocenters. The molecule has 28 heavy (non-hydrogen) atoms. The SMILES string of the molecule is CC.CCC.O=C1C=CCC(CN(Cc2ccccc2)Cc2ccccc2)O1. The highest BCUT2D eigenvalue weighted by molar-refractivity contribution is 5.82. The lowest BCUT2D eigenvalue weighted by molar-refractivity contribution is -0.145. The number of cyclic esters (lactones) is 1. The van der Waals surface area contributed by atoms with Crippen LogP contribution in [0.4, 0.5) is 0 Å². The van der Waals surface area contributed by atoms with Crippen LogP contribution in [0.25, 0.3) is 0 Å². The monoisotopic (exact) mass is 381 g/mol. The normalized spacial score (nSPS) is 15.0. The summed E-state index contributed by atoms with van der Waals surface area (Å²) in [5.74, 6) is -0.236. The van der Waals surface area contributed by atoms with Crippen molar-refractivity contribution in [2.45, 2.75) is 59.7 Å². The van der Waals surface area contributed by atoms with Crippen LogP contribution in [-0.2, 0) is 22.6 Å². The molecule has 2 aromatic carbocycles. The van der Waals surface area contributed by atoms with Crippen LogP contribution in [0.1, 0.15) is 51.7 Å². The third-order valence-electron chi connectivity index (χ3n) is 3.90. The second-order valence-corrected chi connectivity index (χ2v) is 6.54. The highest BCUT2D eigenvalue weighted by Crippen LogP contribution is 2.15. The van der Waals surface area contributed by atoms with Gasteiger partial charge in [-0.1, -0.05) is 101 Å². The van der Waals surface area contributed by atoms with Crippen molar-refractivity contribution in [1.82, 2.24) is 4.90 Å². The van der Waals surface area contributed by atoms with Crippen LogP contribution in [0.15, 0.2) is 72.8 Å². The van der Waals surface area contributed by atoms with E-state index in [9.17, 15) is 4.79 Å². The van der Waals surface area contributed by atoms with Crippen LogP contribution in [-0.4, -0.2) is 23.5 Å². The number of rotatable bonds is 6. The first-order chi connectivity index (χ1) is 13.7. The number of esters is 1. The Morgan fingerprint density at radius 1 is 0.893 bits per heavy atom. The maximum Gasteiger partial charge on any atom is 0.330 e. The molecule has 0 bridgehead atoms. The lowest BCUT2D eigenvalue weighted by Gasteiger charge is -2.28. The molecule has 3 nitrogen and oxygen atoms in total. The molecule has 0 aromatic heterocycles. The summed E-state index contributed by atoms with van der Waals surface area (Å²) in [6, 6.07) is 20.8. The minimum Gasteiger partial charge on any atom is -0.458 e. The smallest absolute Gasteiger partial charge is 0.330 e. The molecule has 1 unspecified atom stereocenters. The van der Waals surface area contributed by atoms with Crippen molar-refractivity contribution in [3.8, 4) is 0 Å². The molecule has 3 heteroatoms. The van der Waals surface area contributed by atoms with Gasteiger partial charge in [-0.05, 0) is 11.1 Å². The van der Waals surface area contributed by atoms with Gasteiger partial charge in [-0.15, -0.1) is 0 Å². The molecule has 1 aliphatic rings. The summed E-state index contributed by atoms with van der Waals surface area (Å²) in [6.07, 6.45) is 5.38. The highest BCUT2D eigenvalue weighted by atomic mass is 16.5. The minimum atomic E-state index is -0.236. The van der Waals surface area contributed by atoms with Crippen molar-refractivity contribution in [2.75, 3.05) is 6.54 Å². The first-order valence-corrected chi connectivity index (χ1v) is 10.4. The second kappa shape index (κ2) is 14.6. The van der Waals surface area contributed by atoms with Crippen LogP contribution < -0.4 is 0 Å². The van der Waals surface area contributed by atoms with E-state index in [1.54, 1.807) is 0 Å². The number of benzene rings is 2. The Balaban J connectivity index is 0.000000717. The summed E-state index contributed by atoms with van der Waals surface area (Å²) in [7, 11) is 0. The van der Waals surface area contributed by atoms with Crippen molar-refractivity contribution in [3.63, 3.8) is 0 Å². The van der Waals surface area contributed by atoms with Crippen LogP contribution in [0, 0.1) is 0 Å². The molecule has 0 fully saturated rings. The van der Waals surface area contributed by atoms with E-state index in [1.165, 1.54) is 23.6 Å². The zero-order valence-corrected chi connectivity index (χ0v) is 17.8. The molecule has 3 rings (SSSR count). The maximum atomic E-state index is 11.4. The number of carbonyl (C=O) groups excluding carboxylic acids is 1. The molecule has 0 spiro atoms. The van der Waals surface area contributed by atoms with Gasteiger partial charge in [0.25, 0.3) is 0 Å². The molecule has 1 aliphatic heterocycles. The van der Waals surface area contributed by atoms with E-state index in [0.717, 1.165) is 26.1 Å². The largest absolute Gasteiger partial charge is 0.458 e. The predicted molar refractivity (Wildman–Crippen MR) is 118 cm³/mol. The van der Waals surface area contributed by atoms with Gasteiger partial charge in [0, 0.05) is 32.1 Å². The van der Waals surface area contributed by atoms with E-state index in [1.807, 2.05) is 32.1 Å². The molecule has 0 saturated carbocycles. The van der Waals surface area contributed by atoms with E-state index in [4.69, 9.17) is 4.74 Å². The van der Waals surface area contributed by atoms with Crippen LogP contribution in [0.5, 0.6) is 0 Å². The van der Waals surface area contributed by atoms with Gasteiger partial charge in [-0.25, -0.2) is 4.79 Å². The molecule has 2 aromatic rings. The zero-order valence-electron chi connectivity index (χ0n) is 17.8. The molecular formula is C25H35NO2. The molecule has 1 heterocycles. The first-order valence-electron chi connectivity index (χ1n) is 10.4. The fraction of sp³-hybridized carbons (Fsp3) is 0.400. The summed E-state index contributed by atoms with van der Waals surface area (Å²) < 4.78 is 5.42. The van der Waals surface area contributed by atoms with Gasteiger partial charge in [-0.2, -0.15) is 0 Å². The predicted octanol–water partition coefficient (Wildman–Crippen LogP) is 6.00. The third-order valence-corrected chi connectivity index (χ3v) is 3.90. The first kappa shape index (κ1) is 23.6. The van der Waals surface area contributed by atoms with E-state index >= 15 is 0 Å². The van der Waals surface area contributed by atoms with Crippen molar-refractivity contribution < 1.29 is 9.53 Å². The molecular weight excluding hydrogens is 346 g/mol. The quantitative estimate of drug-likeness (QED) is 0.575. The van der Waals surface area contributed by atoms with Gasteiger partial charge in [0.1, 0.15) is 6.10 Å². The van der Waals surface area contributed by atoms with Gasteiger partial charge in [0.05, 0.1) is 0 Å². The Bertz CT molecular complexity index is 626. The van der Waals surface area contributed by atoms with Crippen molar-refractivity contribution >= 4 is 5.97 Å². The van der Waals surface area contributed by atoms with Crippen molar-refractivity contribution in [2.24, 2.45) is 0 Å². The van der Waals surface area contributed by atoms with Crippen LogP contribution >= 0.6 is 0 Å². The van der Waals surface area contributed by atoms with Crippen molar-refractivity contribution in [1.29, 1.82) is 0 Å². The molecule has 152 valence electrons. The molecule has 0 amide bonds. The van der Waals surface area contributed by atoms with Gasteiger partial charge in [0.2, 0.25) is 0 Å². The summed E-state index contributed by atoms with van der Waals surface area (Å²) in [4.78, 5) is 13.8. The molecule has 0 saturated heterocycles. The van der Waals surface area contributed by atoms with Gasteiger partial charge in [-0.3, -0.25) is 4.90 Å². The van der Waals surface area contributed by atoms with E-state index in [-0.39, 0.29) is 12.1 Å². The van der Waals surface area contributed by atoms with Gasteiger partial charge < -0.3 is 4.74 Å². The zero-order chi connectivity index (χ0) is 20.6. The standard InChI is InChI=1S/C20H21NO2.C3H8.C2H6/c22-20-13-7-12-19(23-20)16-21(14-17-8-3-1-4-9-17)15-18-10-5-2-6-11-18;1-3-2;1-2/h1-11,13,19H,12,14-16H2;3H2,1-2H3;1-2H3. The lowest BCUT2D eigenvalue weighted by Crippen LogP contribution is -2.35. The Kier molecular flexibility index (Phi) is 12.4. The van der Waals surface area contributed by atoms with Crippen LogP contribution in [0.3, 0.4) is 0 Å². The van der Waals surface area contributed by atoms with Gasteiger partial charge >= 0.3 is 5.97 Å². The summed E-state index contributed by atoms with van der Waals surface area (Å²) in [5, 5.41) is 0. The Morgan fingerprint density at radius 3 is 1.79 bits per heavy atom. The fourth-order valence-electron chi connectivity index (χ4n) is 2.84. The van der Waals surface area contributed by atoms with E-state index < -0.39 is 0 Å². The lowest BCUT2D eigenvalue weighted by atomic mass is 10.1. The van der Waals surface area contributed by atoms with E-state index in [0.29, 0.717) is 0 Å². The third kappa shape index (κ3) is 9.52. The fourth-order valence-corrected chi connectivity index (χ4v) is 2.84. The number of hydrogen-bond acceptors (Lipinski definition) is 3. The molecule has 0 radical (unpaired) electrons. The van der Waals surface area contributed by atoms with E-state index in [2.05, 4.69) is 67.3 Å². The average molecular weight is 382 g/mol. The Morgan fingerprint density at radius 2 is 1.36 bits per heavy atom. The number of nitrogens with zero attached hydrogens (tertiary/aromatic N) is 1. The topological polar surface area (TPSA) is 29.5 Å². The molecule has 0 N–H and O–H groups in total. The summed E-state index contributed by atoms with van der Waals surface area (Å²) in [5.41, 5.74) is 2.53. The van der Waals surface area contributed by atoms with Crippen LogP contribution in [0.2, 0.25) is 0 Å². The minimum absolute atomic E-state index is 0.0695. The Labute approximate surface area is 171 Å². The van der Waals surface area contributed by atoms with Gasteiger partial charge in [0.15, 0.2) is 0 Å². The number of ether oxygens (including phenoxy) is 1. The summed E-state index contributed by atoms with van der Waals surface area (Å²) >= 11 is 0. The second-order valence-electron chi connectivity index (χ2n) is 6.54. The maximum absolute atomic E-state index is 11.4.